The number of nitrogens with one attached hydrogen (secondary N) is 1. The van der Waals surface area contributed by atoms with Crippen LogP contribution < -0.4 is 11.1 Å². The van der Waals surface area contributed by atoms with Gasteiger partial charge in [-0.05, 0) is 18.4 Å². The average Bonchev–Trinajstić information content (AvgIpc) is 2.87. The third-order valence-electron chi connectivity index (χ3n) is 3.27. The number of hydrogen-bond donors (Lipinski definition) is 2. The van der Waals surface area contributed by atoms with Gasteiger partial charge in [0.25, 0.3) is 5.91 Å². The monoisotopic (exact) mass is 273 g/mol. The second kappa shape index (κ2) is 5.11. The molecule has 0 bridgehead atoms. The first-order chi connectivity index (χ1) is 9.22. The van der Waals surface area contributed by atoms with Gasteiger partial charge in [-0.15, -0.1) is 11.3 Å². The summed E-state index contributed by atoms with van der Waals surface area (Å²) in [4.78, 5) is 17.2. The summed E-state index contributed by atoms with van der Waals surface area (Å²) in [7, 11) is 0. The Hall–Kier alpha value is -1.72. The normalized spacial score (nSPS) is 21.7. The molecule has 1 fully saturated rings. The quantitative estimate of drug-likeness (QED) is 0.899. The summed E-state index contributed by atoms with van der Waals surface area (Å²) in [6.45, 7) is 0. The van der Waals surface area contributed by atoms with Crippen LogP contribution in [0.25, 0.3) is 10.4 Å². The first-order valence-electron chi connectivity index (χ1n) is 6.30. The molecule has 1 aliphatic rings. The Balaban J connectivity index is 1.69. The molecule has 1 heterocycles. The van der Waals surface area contributed by atoms with Crippen molar-refractivity contribution < 1.29 is 4.79 Å². The van der Waals surface area contributed by atoms with Gasteiger partial charge in [0.1, 0.15) is 0 Å². The number of nitrogens with zero attached hydrogens (tertiary/aromatic N) is 1. The lowest BCUT2D eigenvalue weighted by molar-refractivity contribution is 0.0910. The Labute approximate surface area is 115 Å². The summed E-state index contributed by atoms with van der Waals surface area (Å²) in [6.07, 6.45) is 3.48. The van der Waals surface area contributed by atoms with Gasteiger partial charge in [-0.2, -0.15) is 0 Å². The predicted molar refractivity (Wildman–Crippen MR) is 76.0 cm³/mol. The maximum Gasteiger partial charge on any atom is 0.280 e. The number of nitrogens with two attached hydrogens (primary N) is 1. The molecule has 1 aromatic carbocycles. The summed E-state index contributed by atoms with van der Waals surface area (Å²) in [5.41, 5.74) is 6.79. The minimum atomic E-state index is -0.0934. The van der Waals surface area contributed by atoms with Crippen molar-refractivity contribution in [3.8, 4) is 10.4 Å². The summed E-state index contributed by atoms with van der Waals surface area (Å²) in [5.74, 6) is -0.0934. The fourth-order valence-corrected chi connectivity index (χ4v) is 2.97. The van der Waals surface area contributed by atoms with E-state index in [1.807, 2.05) is 30.3 Å². The minimum Gasteiger partial charge on any atom is -0.347 e. The number of amides is 1. The van der Waals surface area contributed by atoms with Gasteiger partial charge in [-0.3, -0.25) is 4.79 Å². The van der Waals surface area contributed by atoms with Gasteiger partial charge in [0.05, 0.1) is 4.88 Å². The zero-order valence-corrected chi connectivity index (χ0v) is 11.2. The van der Waals surface area contributed by atoms with E-state index in [4.69, 9.17) is 5.73 Å². The molecule has 0 spiro atoms. The van der Waals surface area contributed by atoms with Crippen LogP contribution in [-0.4, -0.2) is 23.0 Å². The number of aromatic nitrogens is 1. The third kappa shape index (κ3) is 2.67. The molecule has 98 valence electrons. The molecule has 1 aromatic heterocycles. The number of carbonyl (C=O) groups excluding carboxylic acids is 1. The lowest BCUT2D eigenvalue weighted by Gasteiger charge is -2.32. The van der Waals surface area contributed by atoms with Crippen molar-refractivity contribution in [2.45, 2.75) is 24.9 Å². The molecule has 0 aliphatic heterocycles. The minimum absolute atomic E-state index is 0.0934. The zero-order valence-electron chi connectivity index (χ0n) is 10.4. The molecule has 3 rings (SSSR count). The lowest BCUT2D eigenvalue weighted by Crippen LogP contribution is -2.50. The van der Waals surface area contributed by atoms with Crippen LogP contribution in [0.15, 0.2) is 36.5 Å². The molecule has 0 atom stereocenters. The summed E-state index contributed by atoms with van der Waals surface area (Å²) in [6, 6.07) is 10.4. The van der Waals surface area contributed by atoms with Crippen LogP contribution in [0, 0.1) is 0 Å². The van der Waals surface area contributed by atoms with Crippen molar-refractivity contribution in [2.24, 2.45) is 5.73 Å². The van der Waals surface area contributed by atoms with E-state index >= 15 is 0 Å². The summed E-state index contributed by atoms with van der Waals surface area (Å²) in [5, 5.41) is 3.47. The molecular weight excluding hydrogens is 258 g/mol. The number of thiazole rings is 1. The van der Waals surface area contributed by atoms with Gasteiger partial charge in [0.2, 0.25) is 0 Å². The van der Waals surface area contributed by atoms with Crippen LogP contribution in [0.5, 0.6) is 0 Å². The fraction of sp³-hybridized carbons (Fsp3) is 0.286. The Kier molecular flexibility index (Phi) is 3.31. The van der Waals surface area contributed by atoms with Crippen LogP contribution >= 0.6 is 11.3 Å². The number of benzene rings is 1. The Bertz CT molecular complexity index is 575. The van der Waals surface area contributed by atoms with Crippen molar-refractivity contribution in [3.63, 3.8) is 0 Å². The predicted octanol–water partition coefficient (Wildman–Crippen LogP) is 2.03. The summed E-state index contributed by atoms with van der Waals surface area (Å²) >= 11 is 1.42. The van der Waals surface area contributed by atoms with E-state index in [0.29, 0.717) is 5.01 Å². The van der Waals surface area contributed by atoms with Gasteiger partial charge in [0, 0.05) is 18.3 Å². The lowest BCUT2D eigenvalue weighted by atomic mass is 9.88. The highest BCUT2D eigenvalue weighted by atomic mass is 32.1. The van der Waals surface area contributed by atoms with E-state index in [0.717, 1.165) is 23.3 Å². The van der Waals surface area contributed by atoms with E-state index < -0.39 is 0 Å². The number of carbonyl (C=O) groups is 1. The molecule has 1 aliphatic carbocycles. The first-order valence-corrected chi connectivity index (χ1v) is 7.12. The average molecular weight is 273 g/mol. The third-order valence-corrected chi connectivity index (χ3v) is 4.31. The van der Waals surface area contributed by atoms with Gasteiger partial charge < -0.3 is 11.1 Å². The SMILES string of the molecule is NC1CC(NC(=O)c2ncc(-c3ccccc3)s2)C1. The molecule has 0 saturated heterocycles. The molecule has 5 heteroatoms. The standard InChI is InChI=1S/C14H15N3OS/c15-10-6-11(7-10)17-13(18)14-16-8-12(19-14)9-4-2-1-3-5-9/h1-5,8,10-11H,6-7,15H2,(H,17,18). The van der Waals surface area contributed by atoms with Crippen molar-refractivity contribution >= 4 is 17.2 Å². The molecule has 2 aromatic rings. The van der Waals surface area contributed by atoms with Crippen molar-refractivity contribution in [3.05, 3.63) is 41.5 Å². The first kappa shape index (κ1) is 12.3. The second-order valence-corrected chi connectivity index (χ2v) is 5.83. The topological polar surface area (TPSA) is 68.0 Å². The molecule has 0 unspecified atom stereocenters. The second-order valence-electron chi connectivity index (χ2n) is 4.80. The van der Waals surface area contributed by atoms with Crippen LogP contribution in [0.2, 0.25) is 0 Å². The Morgan fingerprint density at radius 3 is 2.74 bits per heavy atom. The molecule has 1 amide bonds. The fourth-order valence-electron chi connectivity index (χ4n) is 2.14. The summed E-state index contributed by atoms with van der Waals surface area (Å²) < 4.78 is 0. The highest BCUT2D eigenvalue weighted by Crippen LogP contribution is 2.26. The smallest absolute Gasteiger partial charge is 0.280 e. The molecular formula is C14H15N3OS. The van der Waals surface area contributed by atoms with E-state index in [-0.39, 0.29) is 18.0 Å². The van der Waals surface area contributed by atoms with Gasteiger partial charge in [-0.1, -0.05) is 30.3 Å². The van der Waals surface area contributed by atoms with Gasteiger partial charge in [-0.25, -0.2) is 4.98 Å². The molecule has 1 saturated carbocycles. The van der Waals surface area contributed by atoms with Gasteiger partial charge >= 0.3 is 0 Å². The largest absolute Gasteiger partial charge is 0.347 e. The van der Waals surface area contributed by atoms with Crippen molar-refractivity contribution in [1.29, 1.82) is 0 Å². The van der Waals surface area contributed by atoms with E-state index in [9.17, 15) is 4.79 Å². The van der Waals surface area contributed by atoms with E-state index in [1.165, 1.54) is 11.3 Å². The number of rotatable bonds is 3. The van der Waals surface area contributed by atoms with E-state index in [2.05, 4.69) is 10.3 Å². The zero-order chi connectivity index (χ0) is 13.2. The number of hydrogen-bond acceptors (Lipinski definition) is 4. The molecule has 0 radical (unpaired) electrons. The van der Waals surface area contributed by atoms with Crippen molar-refractivity contribution in [2.75, 3.05) is 0 Å². The van der Waals surface area contributed by atoms with Crippen LogP contribution in [0.1, 0.15) is 22.6 Å². The Morgan fingerprint density at radius 2 is 2.05 bits per heavy atom. The maximum absolute atomic E-state index is 12.0. The molecule has 19 heavy (non-hydrogen) atoms. The van der Waals surface area contributed by atoms with E-state index in [1.54, 1.807) is 6.20 Å². The highest BCUT2D eigenvalue weighted by molar-refractivity contribution is 7.16. The maximum atomic E-state index is 12.0. The highest BCUT2D eigenvalue weighted by Gasteiger charge is 2.28. The van der Waals surface area contributed by atoms with Gasteiger partial charge in [0.15, 0.2) is 5.01 Å². The van der Waals surface area contributed by atoms with Crippen molar-refractivity contribution in [1.82, 2.24) is 10.3 Å². The molecule has 3 N–H and O–H groups in total. The molecule has 4 nitrogen and oxygen atoms in total. The van der Waals surface area contributed by atoms with Crippen LogP contribution in [0.4, 0.5) is 0 Å². The van der Waals surface area contributed by atoms with Crippen LogP contribution in [-0.2, 0) is 0 Å². The van der Waals surface area contributed by atoms with Crippen LogP contribution in [0.3, 0.4) is 0 Å². The Morgan fingerprint density at radius 1 is 1.32 bits per heavy atom.